The summed E-state index contributed by atoms with van der Waals surface area (Å²) in [6, 6.07) is 15.3. The molecule has 0 bridgehead atoms. The number of carbonyl (C=O) groups is 2. The van der Waals surface area contributed by atoms with E-state index in [9.17, 15) is 35.1 Å². The number of benzene rings is 4. The molecule has 0 aromatic heterocycles. The molecule has 16 nitrogen and oxygen atoms in total. The highest BCUT2D eigenvalue weighted by Gasteiger charge is 2.42. The predicted octanol–water partition coefficient (Wildman–Crippen LogP) is 5.08. The summed E-state index contributed by atoms with van der Waals surface area (Å²) in [5.74, 6) is 1.44. The largest absolute Gasteiger partial charge is 0.496 e. The molecule has 4 atom stereocenters. The first kappa shape index (κ1) is 53.6. The molecule has 0 saturated carbocycles. The van der Waals surface area contributed by atoms with Gasteiger partial charge in [0.2, 0.25) is 0 Å². The number of likely N-dealkylation sites (N-methyl/N-ethyl adjacent to an activating group) is 2. The molecular weight excluding hydrogens is 901 g/mol. The standard InChI is InChI=1S/C54H72N2O14/c1-34(19-51(62)69-17-10-14-56(3)16-12-37-26-48(65-5)49(66-6)28-44(37)52(56)38-24-42(32-60)53(68-8)50(27-38)67-7)54(63)70-18-9-13-55(2)15-11-36-23-39(29-57)40(30-58)25-43(36)46(55)21-35-20-41(31-59)45(33-61)47(22-35)64-4/h19-20,22-28,46,52,57-61H,9-18,21,29-33H2,1-8H3/q+2/b34-19+/t46-,52-,55-,56-/m0/s1. The molecule has 0 amide bonds. The number of methoxy groups -OCH3 is 5. The second-order valence-corrected chi connectivity index (χ2v) is 18.7. The van der Waals surface area contributed by atoms with Gasteiger partial charge in [0.15, 0.2) is 23.0 Å². The van der Waals surface area contributed by atoms with E-state index in [4.69, 9.17) is 33.2 Å². The molecule has 2 aliphatic heterocycles. The van der Waals surface area contributed by atoms with E-state index in [1.807, 2.05) is 48.5 Å². The van der Waals surface area contributed by atoms with Crippen molar-refractivity contribution in [2.45, 2.75) is 84.1 Å². The Bertz CT molecular complexity index is 2470. The molecule has 0 fully saturated rings. The van der Waals surface area contributed by atoms with Crippen LogP contribution in [0, 0.1) is 0 Å². The van der Waals surface area contributed by atoms with Gasteiger partial charge in [0, 0.05) is 71.6 Å². The molecule has 2 heterocycles. The molecule has 16 heteroatoms. The third kappa shape index (κ3) is 11.6. The number of rotatable bonds is 23. The minimum Gasteiger partial charge on any atom is -0.496 e. The Kier molecular flexibility index (Phi) is 18.3. The van der Waals surface area contributed by atoms with E-state index in [0.29, 0.717) is 97.9 Å². The van der Waals surface area contributed by atoms with Gasteiger partial charge >= 0.3 is 11.9 Å². The maximum absolute atomic E-state index is 13.2. The van der Waals surface area contributed by atoms with Crippen molar-refractivity contribution in [3.63, 3.8) is 0 Å². The molecular formula is C54H72N2O14+2. The van der Waals surface area contributed by atoms with Gasteiger partial charge in [-0.25, -0.2) is 9.59 Å². The molecule has 6 rings (SSSR count). The van der Waals surface area contributed by atoms with Crippen LogP contribution in [0.15, 0.2) is 60.2 Å². The first-order chi connectivity index (χ1) is 33.7. The number of carbonyl (C=O) groups excluding carboxylic acids is 2. The van der Waals surface area contributed by atoms with Crippen LogP contribution in [-0.4, -0.2) is 135 Å². The Morgan fingerprint density at radius 3 is 1.80 bits per heavy atom. The number of fused-ring (bicyclic) bond motifs is 2. The van der Waals surface area contributed by atoms with Crippen molar-refractivity contribution in [2.24, 2.45) is 0 Å². The van der Waals surface area contributed by atoms with Gasteiger partial charge in [0.05, 0.1) is 122 Å². The highest BCUT2D eigenvalue weighted by molar-refractivity contribution is 5.95. The zero-order valence-electron chi connectivity index (χ0n) is 42.0. The molecule has 380 valence electrons. The van der Waals surface area contributed by atoms with Crippen LogP contribution in [-0.2, 0) is 71.4 Å². The van der Waals surface area contributed by atoms with Gasteiger partial charge < -0.3 is 67.7 Å². The lowest BCUT2D eigenvalue weighted by Crippen LogP contribution is -2.52. The van der Waals surface area contributed by atoms with Crippen LogP contribution < -0.4 is 23.7 Å². The lowest BCUT2D eigenvalue weighted by atomic mass is 9.83. The van der Waals surface area contributed by atoms with Crippen LogP contribution in [0.2, 0.25) is 0 Å². The van der Waals surface area contributed by atoms with Crippen LogP contribution in [0.1, 0.15) is 93.0 Å². The fourth-order valence-electron chi connectivity index (χ4n) is 10.6. The first-order valence-corrected chi connectivity index (χ1v) is 23.8. The number of hydrogen-bond acceptors (Lipinski definition) is 14. The van der Waals surface area contributed by atoms with Crippen molar-refractivity contribution in [3.8, 4) is 28.7 Å². The monoisotopic (exact) mass is 972 g/mol. The predicted molar refractivity (Wildman–Crippen MR) is 261 cm³/mol. The number of quaternary nitrogens is 2. The van der Waals surface area contributed by atoms with E-state index in [1.165, 1.54) is 20.1 Å². The third-order valence-corrected chi connectivity index (χ3v) is 14.4. The second-order valence-electron chi connectivity index (χ2n) is 18.7. The number of aliphatic hydroxyl groups is 5. The van der Waals surface area contributed by atoms with Crippen LogP contribution in [0.4, 0.5) is 0 Å². The Morgan fingerprint density at radius 1 is 0.600 bits per heavy atom. The fourth-order valence-corrected chi connectivity index (χ4v) is 10.6. The van der Waals surface area contributed by atoms with Crippen LogP contribution in [0.3, 0.4) is 0 Å². The Balaban J connectivity index is 1.10. The molecule has 70 heavy (non-hydrogen) atoms. The summed E-state index contributed by atoms with van der Waals surface area (Å²) < 4.78 is 40.8. The maximum atomic E-state index is 13.2. The molecule has 2 aliphatic rings. The van der Waals surface area contributed by atoms with Crippen molar-refractivity contribution in [2.75, 3.05) is 89.0 Å². The van der Waals surface area contributed by atoms with Crippen molar-refractivity contribution in [1.29, 1.82) is 0 Å². The van der Waals surface area contributed by atoms with E-state index in [-0.39, 0.29) is 63.9 Å². The summed E-state index contributed by atoms with van der Waals surface area (Å²) in [5, 5.41) is 50.9. The molecule has 0 unspecified atom stereocenters. The van der Waals surface area contributed by atoms with Gasteiger partial charge in [-0.15, -0.1) is 0 Å². The van der Waals surface area contributed by atoms with Gasteiger partial charge in [0.1, 0.15) is 17.8 Å². The van der Waals surface area contributed by atoms with Gasteiger partial charge in [-0.2, -0.15) is 0 Å². The Labute approximate surface area is 411 Å². The molecule has 5 N–H and O–H groups in total. The summed E-state index contributed by atoms with van der Waals surface area (Å²) in [5.41, 5.74) is 9.30. The zero-order chi connectivity index (χ0) is 50.8. The van der Waals surface area contributed by atoms with Crippen molar-refractivity contribution in [3.05, 3.63) is 121 Å². The normalized spacial score (nSPS) is 19.7. The van der Waals surface area contributed by atoms with Crippen LogP contribution in [0.5, 0.6) is 28.7 Å². The van der Waals surface area contributed by atoms with E-state index in [1.54, 1.807) is 28.4 Å². The quantitative estimate of drug-likeness (QED) is 0.0285. The molecule has 0 spiro atoms. The van der Waals surface area contributed by atoms with Crippen molar-refractivity contribution in [1.82, 2.24) is 0 Å². The number of aliphatic hydroxyl groups excluding tert-OH is 5. The zero-order valence-corrected chi connectivity index (χ0v) is 42.0. The third-order valence-electron chi connectivity index (χ3n) is 14.4. The van der Waals surface area contributed by atoms with Gasteiger partial charge in [-0.1, -0.05) is 12.1 Å². The molecule has 4 aromatic carbocycles. The SMILES string of the molecule is COc1cc2c(cc1OC)[C@H](c1cc(CO)c(OC)c(OC)c1)[N@@+](C)(CCCOC(=O)/C=C(\C)C(=O)OCCC[N@@+]1(C)CCc3cc(CO)c(CO)cc3[C@@H]1Cc1cc(CO)c(CO)c(OC)c1)CC2. The van der Waals surface area contributed by atoms with E-state index in [0.717, 1.165) is 59.3 Å². The molecule has 0 saturated heterocycles. The summed E-state index contributed by atoms with van der Waals surface area (Å²) in [4.78, 5) is 26.3. The summed E-state index contributed by atoms with van der Waals surface area (Å²) >= 11 is 0. The molecule has 0 aliphatic carbocycles. The van der Waals surface area contributed by atoms with E-state index < -0.39 is 11.9 Å². The lowest BCUT2D eigenvalue weighted by Gasteiger charge is -2.46. The first-order valence-electron chi connectivity index (χ1n) is 23.8. The molecule has 0 radical (unpaired) electrons. The minimum atomic E-state index is -0.644. The topological polar surface area (TPSA) is 200 Å². The Morgan fingerprint density at radius 2 is 1.19 bits per heavy atom. The highest BCUT2D eigenvalue weighted by atomic mass is 16.5. The number of ether oxygens (including phenoxy) is 7. The van der Waals surface area contributed by atoms with Crippen LogP contribution >= 0.6 is 0 Å². The van der Waals surface area contributed by atoms with E-state index in [2.05, 4.69) is 14.1 Å². The summed E-state index contributed by atoms with van der Waals surface area (Å²) in [6.07, 6.45) is 4.26. The number of esters is 2. The second kappa shape index (κ2) is 23.9. The highest BCUT2D eigenvalue weighted by Crippen LogP contribution is 2.47. The van der Waals surface area contributed by atoms with Gasteiger partial charge in [-0.3, -0.25) is 0 Å². The van der Waals surface area contributed by atoms with Crippen LogP contribution in [0.25, 0.3) is 0 Å². The van der Waals surface area contributed by atoms with Crippen molar-refractivity contribution < 1.29 is 77.2 Å². The minimum absolute atomic E-state index is 0.107. The Hall–Kier alpha value is -5.72. The summed E-state index contributed by atoms with van der Waals surface area (Å²) in [6.45, 7) is 3.35. The van der Waals surface area contributed by atoms with Gasteiger partial charge in [0.25, 0.3) is 0 Å². The maximum Gasteiger partial charge on any atom is 0.333 e. The summed E-state index contributed by atoms with van der Waals surface area (Å²) in [7, 11) is 12.2. The average Bonchev–Trinajstić information content (AvgIpc) is 3.37. The van der Waals surface area contributed by atoms with Crippen molar-refractivity contribution >= 4 is 11.9 Å². The molecule has 4 aromatic rings. The smallest absolute Gasteiger partial charge is 0.333 e. The number of nitrogens with zero attached hydrogens (tertiary/aromatic N) is 2. The van der Waals surface area contributed by atoms with E-state index >= 15 is 0 Å². The fraction of sp³-hybridized carbons (Fsp3) is 0.481. The number of hydrogen-bond donors (Lipinski definition) is 5. The van der Waals surface area contributed by atoms with Gasteiger partial charge in [-0.05, 0) is 76.7 Å². The average molecular weight is 973 g/mol. The lowest BCUT2D eigenvalue weighted by molar-refractivity contribution is -0.941.